The van der Waals surface area contributed by atoms with Crippen LogP contribution in [0.2, 0.25) is 0 Å². The first-order valence-electron chi connectivity index (χ1n) is 3.55. The summed E-state index contributed by atoms with van der Waals surface area (Å²) >= 11 is 8.75. The minimum Gasteiger partial charge on any atom is -0.298 e. The number of halogens is 2. The quantitative estimate of drug-likeness (QED) is 0.751. The van der Waals surface area contributed by atoms with E-state index in [9.17, 15) is 4.79 Å². The van der Waals surface area contributed by atoms with Gasteiger partial charge >= 0.3 is 0 Å². The zero-order valence-electron chi connectivity index (χ0n) is 6.39. The lowest BCUT2D eigenvalue weighted by Crippen LogP contribution is -2.03. The fraction of sp³-hybridized carbons (Fsp3) is 0.222. The molecule has 0 heterocycles. The molecule has 0 saturated heterocycles. The van der Waals surface area contributed by atoms with E-state index in [-0.39, 0.29) is 11.7 Å². The highest BCUT2D eigenvalue weighted by atomic mass is 79.9. The van der Waals surface area contributed by atoms with Gasteiger partial charge < -0.3 is 0 Å². The number of hydrogen-bond acceptors (Lipinski definition) is 1. The Kier molecular flexibility index (Phi) is 3.76. The molecule has 0 aliphatic heterocycles. The first kappa shape index (κ1) is 9.75. The molecule has 0 amide bonds. The van der Waals surface area contributed by atoms with Crippen molar-refractivity contribution < 1.29 is 4.79 Å². The molecule has 1 aromatic carbocycles. The van der Waals surface area contributed by atoms with Crippen LogP contribution >= 0.6 is 27.5 Å². The van der Waals surface area contributed by atoms with Crippen LogP contribution in [0.1, 0.15) is 5.56 Å². The van der Waals surface area contributed by atoms with E-state index in [0.29, 0.717) is 6.42 Å². The summed E-state index contributed by atoms with van der Waals surface area (Å²) in [7, 11) is 0. The average molecular weight is 248 g/mol. The third-order valence-corrected chi connectivity index (χ3v) is 2.57. The SMILES string of the molecule is O=C(CCl)Cc1ccccc1Br. The summed E-state index contributed by atoms with van der Waals surface area (Å²) in [5.74, 6) is 0.130. The molecule has 0 aromatic heterocycles. The van der Waals surface area contributed by atoms with Crippen molar-refractivity contribution in [2.75, 3.05) is 5.88 Å². The lowest BCUT2D eigenvalue weighted by atomic mass is 10.1. The van der Waals surface area contributed by atoms with Gasteiger partial charge in [0.25, 0.3) is 0 Å². The topological polar surface area (TPSA) is 17.1 Å². The molecule has 0 unspecified atom stereocenters. The highest BCUT2D eigenvalue weighted by molar-refractivity contribution is 9.10. The van der Waals surface area contributed by atoms with E-state index in [1.54, 1.807) is 0 Å². The van der Waals surface area contributed by atoms with E-state index in [0.717, 1.165) is 10.0 Å². The van der Waals surface area contributed by atoms with E-state index in [2.05, 4.69) is 15.9 Å². The van der Waals surface area contributed by atoms with Gasteiger partial charge in [-0.05, 0) is 11.6 Å². The highest BCUT2D eigenvalue weighted by Gasteiger charge is 2.03. The Bertz CT molecular complexity index is 286. The molecule has 0 N–H and O–H groups in total. The molecule has 0 radical (unpaired) electrons. The molecule has 12 heavy (non-hydrogen) atoms. The van der Waals surface area contributed by atoms with Crippen LogP contribution in [-0.4, -0.2) is 11.7 Å². The third kappa shape index (κ3) is 2.61. The number of carbonyl (C=O) groups is 1. The maximum absolute atomic E-state index is 11.0. The Balaban J connectivity index is 2.75. The first-order chi connectivity index (χ1) is 5.74. The molecule has 0 atom stereocenters. The normalized spacial score (nSPS) is 9.83. The molecule has 1 aromatic rings. The van der Waals surface area contributed by atoms with Crippen LogP contribution in [-0.2, 0) is 11.2 Å². The summed E-state index contributed by atoms with van der Waals surface area (Å²) in [5, 5.41) is 0. The Labute approximate surface area is 84.9 Å². The van der Waals surface area contributed by atoms with Crippen LogP contribution < -0.4 is 0 Å². The van der Waals surface area contributed by atoms with Gasteiger partial charge in [0.2, 0.25) is 0 Å². The predicted octanol–water partition coefficient (Wildman–Crippen LogP) is 2.80. The smallest absolute Gasteiger partial charge is 0.151 e. The van der Waals surface area contributed by atoms with Crippen molar-refractivity contribution in [3.63, 3.8) is 0 Å². The monoisotopic (exact) mass is 246 g/mol. The number of rotatable bonds is 3. The Morgan fingerprint density at radius 1 is 1.42 bits per heavy atom. The molecule has 0 spiro atoms. The molecule has 3 heteroatoms. The number of hydrogen-bond donors (Lipinski definition) is 0. The molecule has 0 saturated carbocycles. The second-order valence-electron chi connectivity index (χ2n) is 2.44. The highest BCUT2D eigenvalue weighted by Crippen LogP contribution is 2.16. The second kappa shape index (κ2) is 4.63. The Morgan fingerprint density at radius 2 is 2.08 bits per heavy atom. The second-order valence-corrected chi connectivity index (χ2v) is 3.56. The fourth-order valence-electron chi connectivity index (χ4n) is 0.901. The van der Waals surface area contributed by atoms with Crippen molar-refractivity contribution >= 4 is 33.3 Å². The van der Waals surface area contributed by atoms with Gasteiger partial charge in [0.15, 0.2) is 5.78 Å². The summed E-state index contributed by atoms with van der Waals surface area (Å²) in [4.78, 5) is 11.0. The van der Waals surface area contributed by atoms with Crippen molar-refractivity contribution in [1.82, 2.24) is 0 Å². The van der Waals surface area contributed by atoms with Crippen molar-refractivity contribution in [2.45, 2.75) is 6.42 Å². The van der Waals surface area contributed by atoms with E-state index >= 15 is 0 Å². The van der Waals surface area contributed by atoms with Crippen molar-refractivity contribution in [3.05, 3.63) is 34.3 Å². The van der Waals surface area contributed by atoms with Crippen LogP contribution in [0.15, 0.2) is 28.7 Å². The van der Waals surface area contributed by atoms with Gasteiger partial charge in [-0.2, -0.15) is 0 Å². The zero-order valence-corrected chi connectivity index (χ0v) is 8.73. The summed E-state index contributed by atoms with van der Waals surface area (Å²) in [5.41, 5.74) is 0.989. The van der Waals surface area contributed by atoms with Crippen LogP contribution in [0.4, 0.5) is 0 Å². The van der Waals surface area contributed by atoms with Crippen molar-refractivity contribution in [3.8, 4) is 0 Å². The maximum atomic E-state index is 11.0. The van der Waals surface area contributed by atoms with Gasteiger partial charge in [-0.1, -0.05) is 34.1 Å². The lowest BCUT2D eigenvalue weighted by Gasteiger charge is -2.00. The van der Waals surface area contributed by atoms with Gasteiger partial charge in [-0.25, -0.2) is 0 Å². The Morgan fingerprint density at radius 3 is 2.67 bits per heavy atom. The molecule has 1 nitrogen and oxygen atoms in total. The molecule has 0 fully saturated rings. The summed E-state index contributed by atoms with van der Waals surface area (Å²) < 4.78 is 0.962. The van der Waals surface area contributed by atoms with Gasteiger partial charge in [0.1, 0.15) is 0 Å². The van der Waals surface area contributed by atoms with Gasteiger partial charge in [-0.15, -0.1) is 11.6 Å². The van der Waals surface area contributed by atoms with Crippen molar-refractivity contribution in [1.29, 1.82) is 0 Å². The molecular weight excluding hydrogens is 239 g/mol. The summed E-state index contributed by atoms with van der Waals surface area (Å²) in [6, 6.07) is 7.64. The van der Waals surface area contributed by atoms with E-state index in [4.69, 9.17) is 11.6 Å². The van der Waals surface area contributed by atoms with E-state index in [1.807, 2.05) is 24.3 Å². The molecule has 0 bridgehead atoms. The molecule has 1 rings (SSSR count). The lowest BCUT2D eigenvalue weighted by molar-refractivity contribution is -0.116. The predicted molar refractivity (Wildman–Crippen MR) is 53.6 cm³/mol. The largest absolute Gasteiger partial charge is 0.298 e. The minimum atomic E-state index is 0.0450. The number of Topliss-reactive ketones (excluding diaryl/α,β-unsaturated/α-hetero) is 1. The van der Waals surface area contributed by atoms with Crippen molar-refractivity contribution in [2.24, 2.45) is 0 Å². The standard InChI is InChI=1S/C9H8BrClO/c10-9-4-2-1-3-7(9)5-8(12)6-11/h1-4H,5-6H2. The van der Waals surface area contributed by atoms with Crippen LogP contribution in [0.5, 0.6) is 0 Å². The van der Waals surface area contributed by atoms with Crippen LogP contribution in [0.25, 0.3) is 0 Å². The first-order valence-corrected chi connectivity index (χ1v) is 4.88. The van der Waals surface area contributed by atoms with E-state index < -0.39 is 0 Å². The number of ketones is 1. The summed E-state index contributed by atoms with van der Waals surface area (Å²) in [6.45, 7) is 0. The van der Waals surface area contributed by atoms with Crippen LogP contribution in [0, 0.1) is 0 Å². The zero-order chi connectivity index (χ0) is 8.97. The average Bonchev–Trinajstić information content (AvgIpc) is 2.09. The third-order valence-electron chi connectivity index (χ3n) is 1.49. The van der Waals surface area contributed by atoms with E-state index in [1.165, 1.54) is 0 Å². The molecule has 64 valence electrons. The minimum absolute atomic E-state index is 0.0450. The molecule has 0 aliphatic rings. The number of benzene rings is 1. The van der Waals surface area contributed by atoms with Gasteiger partial charge in [0.05, 0.1) is 5.88 Å². The maximum Gasteiger partial charge on any atom is 0.151 e. The fourth-order valence-corrected chi connectivity index (χ4v) is 1.42. The number of carbonyl (C=O) groups excluding carboxylic acids is 1. The molecular formula is C9H8BrClO. The number of alkyl halides is 1. The summed E-state index contributed by atoms with van der Waals surface area (Å²) in [6.07, 6.45) is 0.408. The molecule has 0 aliphatic carbocycles. The van der Waals surface area contributed by atoms with Gasteiger partial charge in [0, 0.05) is 10.9 Å². The van der Waals surface area contributed by atoms with Gasteiger partial charge in [-0.3, -0.25) is 4.79 Å². The van der Waals surface area contributed by atoms with Crippen LogP contribution in [0.3, 0.4) is 0 Å². The Hall–Kier alpha value is -0.340.